The van der Waals surface area contributed by atoms with E-state index in [1.165, 1.54) is 12.1 Å². The zero-order valence-electron chi connectivity index (χ0n) is 13.7. The van der Waals surface area contributed by atoms with E-state index < -0.39 is 10.0 Å². The first-order valence-electron chi connectivity index (χ1n) is 7.98. The molecule has 2 aromatic rings. The molecular formula is C18H21ClN2O3S. The Morgan fingerprint density at radius 1 is 1.04 bits per heavy atom. The summed E-state index contributed by atoms with van der Waals surface area (Å²) in [5.41, 5.74) is 1.96. The maximum atomic E-state index is 11.9. The Bertz CT molecular complexity index is 820. The molecule has 5 nitrogen and oxygen atoms in total. The third-order valence-electron chi connectivity index (χ3n) is 3.80. The number of primary sulfonamides is 1. The van der Waals surface area contributed by atoms with Crippen molar-refractivity contribution in [2.75, 3.05) is 6.54 Å². The number of nitrogens with two attached hydrogens (primary N) is 1. The summed E-state index contributed by atoms with van der Waals surface area (Å²) in [6, 6.07) is 14.0. The molecule has 0 aromatic heterocycles. The molecule has 2 aromatic carbocycles. The van der Waals surface area contributed by atoms with Crippen LogP contribution in [0, 0.1) is 0 Å². The number of hydrogen-bond donors (Lipinski definition) is 2. The van der Waals surface area contributed by atoms with Crippen LogP contribution in [0.5, 0.6) is 0 Å². The van der Waals surface area contributed by atoms with Gasteiger partial charge in [-0.05, 0) is 48.6 Å². The topological polar surface area (TPSA) is 89.3 Å². The summed E-state index contributed by atoms with van der Waals surface area (Å²) >= 11 is 6.06. The van der Waals surface area contributed by atoms with Gasteiger partial charge in [0.15, 0.2) is 0 Å². The molecular weight excluding hydrogens is 360 g/mol. The average Bonchev–Trinajstić information content (AvgIpc) is 2.57. The van der Waals surface area contributed by atoms with E-state index in [1.807, 2.05) is 24.3 Å². The maximum Gasteiger partial charge on any atom is 0.238 e. The highest BCUT2D eigenvalue weighted by Crippen LogP contribution is 2.16. The quantitative estimate of drug-likeness (QED) is 0.690. The minimum atomic E-state index is -3.65. The first-order chi connectivity index (χ1) is 11.9. The summed E-state index contributed by atoms with van der Waals surface area (Å²) in [5.74, 6) is -0.00973. The molecule has 0 atom stereocenters. The molecule has 0 bridgehead atoms. The number of hydrogen-bond acceptors (Lipinski definition) is 3. The molecule has 0 saturated heterocycles. The number of rotatable bonds is 8. The van der Waals surface area contributed by atoms with Crippen LogP contribution in [-0.2, 0) is 27.7 Å². The normalized spacial score (nSPS) is 11.3. The second-order valence-electron chi connectivity index (χ2n) is 5.73. The van der Waals surface area contributed by atoms with Crippen molar-refractivity contribution in [3.05, 3.63) is 64.7 Å². The smallest absolute Gasteiger partial charge is 0.238 e. The fourth-order valence-electron chi connectivity index (χ4n) is 2.40. The van der Waals surface area contributed by atoms with Crippen molar-refractivity contribution in [3.63, 3.8) is 0 Å². The highest BCUT2D eigenvalue weighted by atomic mass is 35.5. The Balaban J connectivity index is 1.69. The highest BCUT2D eigenvalue weighted by Gasteiger charge is 2.07. The number of amides is 1. The molecule has 0 fully saturated rings. The SMILES string of the molecule is NS(=O)(=O)c1ccc(CCCNC(=O)CCc2ccccc2Cl)cc1. The van der Waals surface area contributed by atoms with E-state index in [0.717, 1.165) is 24.0 Å². The van der Waals surface area contributed by atoms with Crippen LogP contribution in [0.25, 0.3) is 0 Å². The minimum absolute atomic E-state index is 0.00973. The van der Waals surface area contributed by atoms with Crippen LogP contribution in [0.1, 0.15) is 24.0 Å². The largest absolute Gasteiger partial charge is 0.356 e. The Morgan fingerprint density at radius 3 is 2.36 bits per heavy atom. The predicted octanol–water partition coefficient (Wildman–Crippen LogP) is 2.67. The maximum absolute atomic E-state index is 11.9. The van der Waals surface area contributed by atoms with E-state index in [-0.39, 0.29) is 10.8 Å². The van der Waals surface area contributed by atoms with Crippen molar-refractivity contribution in [3.8, 4) is 0 Å². The lowest BCUT2D eigenvalue weighted by molar-refractivity contribution is -0.121. The van der Waals surface area contributed by atoms with Crippen molar-refractivity contribution >= 4 is 27.5 Å². The number of benzene rings is 2. The van der Waals surface area contributed by atoms with Crippen LogP contribution in [0.3, 0.4) is 0 Å². The molecule has 134 valence electrons. The Hall–Kier alpha value is -1.89. The first kappa shape index (κ1) is 19.4. The third kappa shape index (κ3) is 6.49. The van der Waals surface area contributed by atoms with Crippen molar-refractivity contribution in [2.24, 2.45) is 5.14 Å². The van der Waals surface area contributed by atoms with Gasteiger partial charge in [0.2, 0.25) is 15.9 Å². The number of halogens is 1. The molecule has 0 unspecified atom stereocenters. The molecule has 2 rings (SSSR count). The highest BCUT2D eigenvalue weighted by molar-refractivity contribution is 7.89. The van der Waals surface area contributed by atoms with Gasteiger partial charge in [-0.15, -0.1) is 0 Å². The monoisotopic (exact) mass is 380 g/mol. The molecule has 0 spiro atoms. The summed E-state index contributed by atoms with van der Waals surface area (Å²) < 4.78 is 22.4. The predicted molar refractivity (Wildman–Crippen MR) is 98.9 cm³/mol. The van der Waals surface area contributed by atoms with Gasteiger partial charge in [-0.1, -0.05) is 41.9 Å². The Labute approximate surface area is 153 Å². The van der Waals surface area contributed by atoms with Crippen molar-refractivity contribution in [2.45, 2.75) is 30.6 Å². The van der Waals surface area contributed by atoms with Crippen molar-refractivity contribution < 1.29 is 13.2 Å². The number of aryl methyl sites for hydroxylation is 2. The van der Waals surface area contributed by atoms with Gasteiger partial charge < -0.3 is 5.32 Å². The molecule has 0 heterocycles. The summed E-state index contributed by atoms with van der Waals surface area (Å²) in [5, 5.41) is 8.62. The lowest BCUT2D eigenvalue weighted by Gasteiger charge is -2.07. The van der Waals surface area contributed by atoms with E-state index >= 15 is 0 Å². The zero-order valence-corrected chi connectivity index (χ0v) is 15.3. The molecule has 0 aliphatic rings. The molecule has 0 saturated carbocycles. The molecule has 0 aliphatic carbocycles. The summed E-state index contributed by atoms with van der Waals surface area (Å²) in [4.78, 5) is 12.0. The lowest BCUT2D eigenvalue weighted by Crippen LogP contribution is -2.25. The molecule has 7 heteroatoms. The van der Waals surface area contributed by atoms with Gasteiger partial charge in [-0.2, -0.15) is 0 Å². The van der Waals surface area contributed by atoms with Crippen molar-refractivity contribution in [1.29, 1.82) is 0 Å². The molecule has 0 radical (unpaired) electrons. The van der Waals surface area contributed by atoms with Gasteiger partial charge in [0.1, 0.15) is 0 Å². The fraction of sp³-hybridized carbons (Fsp3) is 0.278. The van der Waals surface area contributed by atoms with Crippen LogP contribution in [0.4, 0.5) is 0 Å². The molecule has 1 amide bonds. The molecule has 25 heavy (non-hydrogen) atoms. The van der Waals surface area contributed by atoms with Crippen molar-refractivity contribution in [1.82, 2.24) is 5.32 Å². The van der Waals surface area contributed by atoms with Crippen LogP contribution in [0.15, 0.2) is 53.4 Å². The van der Waals surface area contributed by atoms with E-state index in [1.54, 1.807) is 12.1 Å². The number of carbonyl (C=O) groups excluding carboxylic acids is 1. The number of nitrogens with one attached hydrogen (secondary N) is 1. The van der Waals surface area contributed by atoms with Gasteiger partial charge in [0.25, 0.3) is 0 Å². The van der Waals surface area contributed by atoms with E-state index in [4.69, 9.17) is 16.7 Å². The van der Waals surface area contributed by atoms with Gasteiger partial charge >= 0.3 is 0 Å². The average molecular weight is 381 g/mol. The van der Waals surface area contributed by atoms with Crippen LogP contribution >= 0.6 is 11.6 Å². The Kier molecular flexibility index (Phi) is 6.99. The summed E-state index contributed by atoms with van der Waals surface area (Å²) in [6.45, 7) is 0.568. The van der Waals surface area contributed by atoms with E-state index in [0.29, 0.717) is 24.4 Å². The number of sulfonamides is 1. The van der Waals surface area contributed by atoms with Crippen LogP contribution < -0.4 is 10.5 Å². The van der Waals surface area contributed by atoms with Gasteiger partial charge in [-0.3, -0.25) is 4.79 Å². The van der Waals surface area contributed by atoms with E-state index in [9.17, 15) is 13.2 Å². The fourth-order valence-corrected chi connectivity index (χ4v) is 3.15. The van der Waals surface area contributed by atoms with Gasteiger partial charge in [0, 0.05) is 18.0 Å². The Morgan fingerprint density at radius 2 is 1.72 bits per heavy atom. The van der Waals surface area contributed by atoms with Gasteiger partial charge in [-0.25, -0.2) is 13.6 Å². The third-order valence-corrected chi connectivity index (χ3v) is 5.09. The standard InChI is InChI=1S/C18H21ClN2O3S/c19-17-6-2-1-5-15(17)9-12-18(22)21-13-3-4-14-7-10-16(11-8-14)25(20,23)24/h1-2,5-8,10-11H,3-4,9,12-13H2,(H,21,22)(H2,20,23,24). The lowest BCUT2D eigenvalue weighted by atomic mass is 10.1. The van der Waals surface area contributed by atoms with Gasteiger partial charge in [0.05, 0.1) is 4.90 Å². The van der Waals surface area contributed by atoms with Crippen LogP contribution in [-0.4, -0.2) is 20.9 Å². The second kappa shape index (κ2) is 8.99. The number of carbonyl (C=O) groups is 1. The molecule has 3 N–H and O–H groups in total. The minimum Gasteiger partial charge on any atom is -0.356 e. The second-order valence-corrected chi connectivity index (χ2v) is 7.70. The molecule has 0 aliphatic heterocycles. The van der Waals surface area contributed by atoms with Crippen LogP contribution in [0.2, 0.25) is 5.02 Å². The summed E-state index contributed by atoms with van der Waals surface area (Å²) in [6.07, 6.45) is 2.52. The first-order valence-corrected chi connectivity index (χ1v) is 9.90. The van der Waals surface area contributed by atoms with E-state index in [2.05, 4.69) is 5.32 Å². The summed E-state index contributed by atoms with van der Waals surface area (Å²) in [7, 11) is -3.65. The zero-order chi connectivity index (χ0) is 18.3.